The minimum Gasteiger partial charge on any atom is -0.387 e. The maximum Gasteiger partial charge on any atom is 0.0917 e. The average Bonchev–Trinajstić information content (AvgIpc) is 2.40. The predicted octanol–water partition coefficient (Wildman–Crippen LogP) is 2.98. The van der Waals surface area contributed by atoms with Crippen LogP contribution in [0.15, 0.2) is 30.3 Å². The molecule has 2 heteroatoms. The number of likely N-dealkylation sites (tertiary alicyclic amines) is 1. The molecule has 1 saturated heterocycles. The van der Waals surface area contributed by atoms with E-state index in [0.29, 0.717) is 6.04 Å². The van der Waals surface area contributed by atoms with Crippen LogP contribution >= 0.6 is 0 Å². The molecule has 17 heavy (non-hydrogen) atoms. The molecule has 2 atom stereocenters. The van der Waals surface area contributed by atoms with Crippen molar-refractivity contribution in [2.24, 2.45) is 0 Å². The molecule has 1 fully saturated rings. The lowest BCUT2D eigenvalue weighted by Gasteiger charge is -2.36. The summed E-state index contributed by atoms with van der Waals surface area (Å²) >= 11 is 0. The average molecular weight is 233 g/mol. The third-order valence-electron chi connectivity index (χ3n) is 3.81. The summed E-state index contributed by atoms with van der Waals surface area (Å²) in [4.78, 5) is 2.46. The summed E-state index contributed by atoms with van der Waals surface area (Å²) in [6.45, 7) is 4.17. The fraction of sp³-hybridized carbons (Fsp3) is 0.600. The Kier molecular flexibility index (Phi) is 4.57. The highest BCUT2D eigenvalue weighted by Crippen LogP contribution is 2.23. The molecular formula is C15H23NO. The number of aliphatic hydroxyl groups excluding tert-OH is 1. The monoisotopic (exact) mass is 233 g/mol. The first-order valence-corrected chi connectivity index (χ1v) is 6.78. The molecule has 1 aromatic carbocycles. The number of piperidine rings is 1. The van der Waals surface area contributed by atoms with Gasteiger partial charge in [0.15, 0.2) is 0 Å². The van der Waals surface area contributed by atoms with Crippen LogP contribution in [0.3, 0.4) is 0 Å². The third-order valence-corrected chi connectivity index (χ3v) is 3.81. The van der Waals surface area contributed by atoms with E-state index in [9.17, 15) is 5.11 Å². The summed E-state index contributed by atoms with van der Waals surface area (Å²) in [5, 5.41) is 10.2. The first kappa shape index (κ1) is 12.6. The highest BCUT2D eigenvalue weighted by molar-refractivity contribution is 5.17. The van der Waals surface area contributed by atoms with Gasteiger partial charge in [-0.1, -0.05) is 43.7 Å². The maximum atomic E-state index is 10.2. The van der Waals surface area contributed by atoms with Gasteiger partial charge in [0.05, 0.1) is 6.10 Å². The fourth-order valence-electron chi connectivity index (χ4n) is 2.77. The molecule has 2 nitrogen and oxygen atoms in total. The molecule has 0 radical (unpaired) electrons. The first-order chi connectivity index (χ1) is 8.31. The molecule has 1 heterocycles. The Balaban J connectivity index is 1.95. The van der Waals surface area contributed by atoms with Gasteiger partial charge in [0.1, 0.15) is 0 Å². The predicted molar refractivity (Wildman–Crippen MR) is 70.9 cm³/mol. The van der Waals surface area contributed by atoms with Gasteiger partial charge in [0.2, 0.25) is 0 Å². The lowest BCUT2D eigenvalue weighted by molar-refractivity contribution is 0.0656. The number of nitrogens with zero attached hydrogens (tertiary/aromatic N) is 1. The highest BCUT2D eigenvalue weighted by atomic mass is 16.3. The number of β-amino-alcohol motifs (C(OH)–C–C–N with tert-alkyl or cyclic N) is 1. The van der Waals surface area contributed by atoms with Crippen LogP contribution in [0.5, 0.6) is 0 Å². The normalized spacial score (nSPS) is 23.5. The minimum atomic E-state index is -0.344. The molecule has 0 bridgehead atoms. The summed E-state index contributed by atoms with van der Waals surface area (Å²) in [5.41, 5.74) is 1.04. The molecule has 1 aromatic rings. The summed E-state index contributed by atoms with van der Waals surface area (Å²) in [6, 6.07) is 10.7. The van der Waals surface area contributed by atoms with Crippen molar-refractivity contribution < 1.29 is 5.11 Å². The summed E-state index contributed by atoms with van der Waals surface area (Å²) in [7, 11) is 0. The van der Waals surface area contributed by atoms with E-state index in [-0.39, 0.29) is 6.10 Å². The second-order valence-electron chi connectivity index (χ2n) is 4.98. The van der Waals surface area contributed by atoms with Crippen LogP contribution < -0.4 is 0 Å². The van der Waals surface area contributed by atoms with Gasteiger partial charge >= 0.3 is 0 Å². The van der Waals surface area contributed by atoms with E-state index in [1.54, 1.807) is 0 Å². The topological polar surface area (TPSA) is 23.5 Å². The van der Waals surface area contributed by atoms with E-state index in [4.69, 9.17) is 0 Å². The zero-order valence-electron chi connectivity index (χ0n) is 10.7. The minimum absolute atomic E-state index is 0.344. The Bertz CT molecular complexity index is 325. The quantitative estimate of drug-likeness (QED) is 0.864. The number of hydrogen-bond donors (Lipinski definition) is 1. The molecule has 0 saturated carbocycles. The van der Waals surface area contributed by atoms with Gasteiger partial charge in [-0.2, -0.15) is 0 Å². The van der Waals surface area contributed by atoms with Crippen molar-refractivity contribution in [2.45, 2.75) is 44.8 Å². The molecule has 94 valence electrons. The summed E-state index contributed by atoms with van der Waals surface area (Å²) in [6.07, 6.45) is 4.76. The number of hydrogen-bond acceptors (Lipinski definition) is 2. The van der Waals surface area contributed by atoms with Crippen molar-refractivity contribution in [2.75, 3.05) is 13.1 Å². The van der Waals surface area contributed by atoms with Crippen LogP contribution in [0.25, 0.3) is 0 Å². The smallest absolute Gasteiger partial charge is 0.0917 e. The second kappa shape index (κ2) is 6.18. The van der Waals surface area contributed by atoms with E-state index < -0.39 is 0 Å². The zero-order valence-corrected chi connectivity index (χ0v) is 10.7. The van der Waals surface area contributed by atoms with E-state index in [0.717, 1.165) is 18.7 Å². The van der Waals surface area contributed by atoms with Gasteiger partial charge < -0.3 is 5.11 Å². The summed E-state index contributed by atoms with van der Waals surface area (Å²) < 4.78 is 0. The number of rotatable bonds is 4. The molecular weight excluding hydrogens is 210 g/mol. The van der Waals surface area contributed by atoms with Gasteiger partial charge in [-0.05, 0) is 31.4 Å². The van der Waals surface area contributed by atoms with Gasteiger partial charge in [-0.15, -0.1) is 0 Å². The molecule has 1 N–H and O–H groups in total. The van der Waals surface area contributed by atoms with Crippen LogP contribution in [-0.4, -0.2) is 29.1 Å². The molecule has 0 aromatic heterocycles. The van der Waals surface area contributed by atoms with Crippen molar-refractivity contribution >= 4 is 0 Å². The van der Waals surface area contributed by atoms with Crippen molar-refractivity contribution in [3.63, 3.8) is 0 Å². The van der Waals surface area contributed by atoms with Gasteiger partial charge in [-0.3, -0.25) is 4.90 Å². The third kappa shape index (κ3) is 3.30. The highest BCUT2D eigenvalue weighted by Gasteiger charge is 2.23. The lowest BCUT2D eigenvalue weighted by atomic mass is 9.98. The van der Waals surface area contributed by atoms with Gasteiger partial charge in [0, 0.05) is 12.6 Å². The number of aliphatic hydroxyl groups is 1. The van der Waals surface area contributed by atoms with E-state index in [2.05, 4.69) is 11.8 Å². The lowest BCUT2D eigenvalue weighted by Crippen LogP contribution is -2.41. The van der Waals surface area contributed by atoms with Crippen LogP contribution in [0.1, 0.15) is 44.3 Å². The zero-order chi connectivity index (χ0) is 12.1. The maximum absolute atomic E-state index is 10.2. The largest absolute Gasteiger partial charge is 0.387 e. The summed E-state index contributed by atoms with van der Waals surface area (Å²) in [5.74, 6) is 0. The van der Waals surface area contributed by atoms with Crippen LogP contribution in [-0.2, 0) is 0 Å². The Morgan fingerprint density at radius 1 is 1.29 bits per heavy atom. The first-order valence-electron chi connectivity index (χ1n) is 6.78. The standard InChI is InChI=1S/C15H23NO/c1-2-14-10-6-7-11-16(14)12-15(17)13-8-4-3-5-9-13/h3-5,8-9,14-15,17H,2,6-7,10-12H2,1H3/t14-,15-/m0/s1. The number of benzene rings is 1. The Morgan fingerprint density at radius 2 is 2.06 bits per heavy atom. The van der Waals surface area contributed by atoms with Crippen molar-refractivity contribution in [3.8, 4) is 0 Å². The SMILES string of the molecule is CC[C@H]1CCCCN1C[C@H](O)c1ccccc1. The van der Waals surface area contributed by atoms with Crippen molar-refractivity contribution in [3.05, 3.63) is 35.9 Å². The molecule has 1 aliphatic rings. The fourth-order valence-corrected chi connectivity index (χ4v) is 2.77. The van der Waals surface area contributed by atoms with Crippen molar-refractivity contribution in [1.82, 2.24) is 4.90 Å². The van der Waals surface area contributed by atoms with Crippen molar-refractivity contribution in [1.29, 1.82) is 0 Å². The Hall–Kier alpha value is -0.860. The molecule has 0 unspecified atom stereocenters. The molecule has 0 aliphatic carbocycles. The van der Waals surface area contributed by atoms with Gasteiger partial charge in [0.25, 0.3) is 0 Å². The Morgan fingerprint density at radius 3 is 2.76 bits per heavy atom. The van der Waals surface area contributed by atoms with E-state index >= 15 is 0 Å². The molecule has 0 amide bonds. The van der Waals surface area contributed by atoms with Crippen LogP contribution in [0, 0.1) is 0 Å². The van der Waals surface area contributed by atoms with Gasteiger partial charge in [-0.25, -0.2) is 0 Å². The van der Waals surface area contributed by atoms with E-state index in [1.807, 2.05) is 30.3 Å². The Labute approximate surface area is 104 Å². The molecule has 0 spiro atoms. The second-order valence-corrected chi connectivity index (χ2v) is 4.98. The van der Waals surface area contributed by atoms with Crippen LogP contribution in [0.4, 0.5) is 0 Å². The van der Waals surface area contributed by atoms with E-state index in [1.165, 1.54) is 25.7 Å². The molecule has 1 aliphatic heterocycles. The van der Waals surface area contributed by atoms with Crippen LogP contribution in [0.2, 0.25) is 0 Å². The molecule has 2 rings (SSSR count).